The second-order valence-corrected chi connectivity index (χ2v) is 6.25. The third kappa shape index (κ3) is 2.84. The highest BCUT2D eigenvalue weighted by molar-refractivity contribution is 5.68. The Hall–Kier alpha value is -1.50. The highest BCUT2D eigenvalue weighted by Crippen LogP contribution is 2.41. The van der Waals surface area contributed by atoms with Crippen LogP contribution in [-0.4, -0.2) is 29.7 Å². The third-order valence-corrected chi connectivity index (χ3v) is 3.55. The standard InChI is InChI=1S/C14H20N2O2/c1-14(2,3)18-13(17)16-8-11-6-10(4-5-15)7-12(11)9-16/h4,11-12H,6-9H2,1-3H3/b10-4-/t11?,12-/m1/s1. The molecule has 1 saturated carbocycles. The van der Waals surface area contributed by atoms with Crippen LogP contribution < -0.4 is 0 Å². The summed E-state index contributed by atoms with van der Waals surface area (Å²) in [6, 6.07) is 2.10. The summed E-state index contributed by atoms with van der Waals surface area (Å²) >= 11 is 0. The fraction of sp³-hybridized carbons (Fsp3) is 0.714. The molecule has 1 aliphatic heterocycles. The molecule has 0 aromatic rings. The van der Waals surface area contributed by atoms with Gasteiger partial charge in [0.2, 0.25) is 0 Å². The second kappa shape index (κ2) is 4.64. The summed E-state index contributed by atoms with van der Waals surface area (Å²) in [5.74, 6) is 1.02. The van der Waals surface area contributed by atoms with E-state index in [1.165, 1.54) is 5.57 Å². The molecule has 2 rings (SSSR count). The van der Waals surface area contributed by atoms with E-state index >= 15 is 0 Å². The fourth-order valence-electron chi connectivity index (χ4n) is 2.84. The number of fused-ring (bicyclic) bond motifs is 1. The number of nitriles is 1. The van der Waals surface area contributed by atoms with E-state index < -0.39 is 5.60 Å². The number of hydrogen-bond acceptors (Lipinski definition) is 3. The largest absolute Gasteiger partial charge is 0.444 e. The van der Waals surface area contributed by atoms with Crippen molar-refractivity contribution in [1.29, 1.82) is 5.26 Å². The topological polar surface area (TPSA) is 53.3 Å². The summed E-state index contributed by atoms with van der Waals surface area (Å²) in [6.07, 6.45) is 3.37. The molecule has 98 valence electrons. The Morgan fingerprint density at radius 1 is 1.39 bits per heavy atom. The summed E-state index contributed by atoms with van der Waals surface area (Å²) in [5.41, 5.74) is 0.803. The summed E-state index contributed by atoms with van der Waals surface area (Å²) in [5, 5.41) is 8.65. The van der Waals surface area contributed by atoms with E-state index in [2.05, 4.69) is 6.07 Å². The van der Waals surface area contributed by atoms with Crippen LogP contribution in [0.1, 0.15) is 33.6 Å². The van der Waals surface area contributed by atoms with Crippen molar-refractivity contribution in [3.8, 4) is 6.07 Å². The summed E-state index contributed by atoms with van der Waals surface area (Å²) in [7, 11) is 0. The van der Waals surface area contributed by atoms with Gasteiger partial charge in [0.05, 0.1) is 6.07 Å². The average Bonchev–Trinajstić information content (AvgIpc) is 2.72. The highest BCUT2D eigenvalue weighted by Gasteiger charge is 2.41. The molecule has 1 heterocycles. The van der Waals surface area contributed by atoms with E-state index in [4.69, 9.17) is 10.00 Å². The number of ether oxygens (including phenoxy) is 1. The van der Waals surface area contributed by atoms with Crippen molar-refractivity contribution in [3.05, 3.63) is 11.6 Å². The first-order valence-electron chi connectivity index (χ1n) is 6.44. The highest BCUT2D eigenvalue weighted by atomic mass is 16.6. The van der Waals surface area contributed by atoms with E-state index in [9.17, 15) is 4.79 Å². The molecule has 4 heteroatoms. The molecule has 0 radical (unpaired) electrons. The first-order chi connectivity index (χ1) is 8.39. The van der Waals surface area contributed by atoms with E-state index in [0.29, 0.717) is 11.8 Å². The molecule has 0 spiro atoms. The Labute approximate surface area is 108 Å². The first kappa shape index (κ1) is 12.9. The van der Waals surface area contributed by atoms with Crippen molar-refractivity contribution in [2.75, 3.05) is 13.1 Å². The van der Waals surface area contributed by atoms with Crippen LogP contribution in [0.4, 0.5) is 4.79 Å². The Morgan fingerprint density at radius 2 is 1.94 bits per heavy atom. The van der Waals surface area contributed by atoms with Gasteiger partial charge in [0.25, 0.3) is 0 Å². The van der Waals surface area contributed by atoms with Crippen molar-refractivity contribution in [2.45, 2.75) is 39.2 Å². The molecule has 1 amide bonds. The predicted molar refractivity (Wildman–Crippen MR) is 67.7 cm³/mol. The van der Waals surface area contributed by atoms with Crippen molar-refractivity contribution < 1.29 is 9.53 Å². The zero-order chi connectivity index (χ0) is 13.3. The molecule has 0 N–H and O–H groups in total. The minimum Gasteiger partial charge on any atom is -0.444 e. The molecule has 1 aliphatic carbocycles. The van der Waals surface area contributed by atoms with Gasteiger partial charge in [0.1, 0.15) is 5.60 Å². The van der Waals surface area contributed by atoms with Crippen molar-refractivity contribution in [1.82, 2.24) is 4.90 Å². The number of likely N-dealkylation sites (tertiary alicyclic amines) is 1. The number of amides is 1. The van der Waals surface area contributed by atoms with Gasteiger partial charge in [0.15, 0.2) is 0 Å². The summed E-state index contributed by atoms with van der Waals surface area (Å²) in [6.45, 7) is 7.19. The summed E-state index contributed by atoms with van der Waals surface area (Å²) in [4.78, 5) is 13.7. The molecule has 1 unspecified atom stereocenters. The molecule has 1 saturated heterocycles. The zero-order valence-electron chi connectivity index (χ0n) is 11.3. The molecule has 2 aliphatic rings. The van der Waals surface area contributed by atoms with E-state index in [1.54, 1.807) is 6.08 Å². The lowest BCUT2D eigenvalue weighted by molar-refractivity contribution is 0.0282. The lowest BCUT2D eigenvalue weighted by Gasteiger charge is -2.24. The lowest BCUT2D eigenvalue weighted by Crippen LogP contribution is -2.35. The number of carbonyl (C=O) groups excluding carboxylic acids is 1. The normalized spacial score (nSPS) is 29.2. The number of carbonyl (C=O) groups is 1. The Bertz CT molecular complexity index is 398. The number of hydrogen-bond donors (Lipinski definition) is 0. The first-order valence-corrected chi connectivity index (χ1v) is 6.44. The Morgan fingerprint density at radius 3 is 2.39 bits per heavy atom. The quantitative estimate of drug-likeness (QED) is 0.619. The van der Waals surface area contributed by atoms with Crippen LogP contribution in [0.15, 0.2) is 11.6 Å². The van der Waals surface area contributed by atoms with E-state index in [-0.39, 0.29) is 6.09 Å². The molecule has 0 aromatic carbocycles. The van der Waals surface area contributed by atoms with Crippen LogP contribution in [0.3, 0.4) is 0 Å². The lowest BCUT2D eigenvalue weighted by atomic mass is 10.0. The number of nitrogens with zero attached hydrogens (tertiary/aromatic N) is 2. The van der Waals surface area contributed by atoms with Crippen LogP contribution in [-0.2, 0) is 4.74 Å². The molecule has 0 aromatic heterocycles. The van der Waals surface area contributed by atoms with Crippen molar-refractivity contribution in [3.63, 3.8) is 0 Å². The fourth-order valence-corrected chi connectivity index (χ4v) is 2.84. The molecular formula is C14H20N2O2. The van der Waals surface area contributed by atoms with E-state index in [1.807, 2.05) is 25.7 Å². The Balaban J connectivity index is 1.91. The molecule has 18 heavy (non-hydrogen) atoms. The number of allylic oxidation sites excluding steroid dienone is 2. The van der Waals surface area contributed by atoms with Crippen molar-refractivity contribution >= 4 is 6.09 Å². The predicted octanol–water partition coefficient (Wildman–Crippen LogP) is 2.71. The van der Waals surface area contributed by atoms with E-state index in [0.717, 1.165) is 25.9 Å². The van der Waals surface area contributed by atoms with Gasteiger partial charge in [-0.2, -0.15) is 5.26 Å². The maximum absolute atomic E-state index is 11.9. The van der Waals surface area contributed by atoms with Gasteiger partial charge in [-0.25, -0.2) is 4.79 Å². The second-order valence-electron chi connectivity index (χ2n) is 6.25. The number of rotatable bonds is 0. The minimum absolute atomic E-state index is 0.206. The zero-order valence-corrected chi connectivity index (χ0v) is 11.3. The van der Waals surface area contributed by atoms with Crippen LogP contribution in [0, 0.1) is 23.2 Å². The maximum atomic E-state index is 11.9. The molecule has 4 nitrogen and oxygen atoms in total. The monoisotopic (exact) mass is 248 g/mol. The Kier molecular flexibility index (Phi) is 3.34. The van der Waals surface area contributed by atoms with Crippen LogP contribution in [0.2, 0.25) is 0 Å². The van der Waals surface area contributed by atoms with Gasteiger partial charge in [0, 0.05) is 19.2 Å². The van der Waals surface area contributed by atoms with Gasteiger partial charge in [-0.1, -0.05) is 5.57 Å². The molecule has 0 bridgehead atoms. The van der Waals surface area contributed by atoms with Gasteiger partial charge >= 0.3 is 6.09 Å². The molecular weight excluding hydrogens is 228 g/mol. The third-order valence-electron chi connectivity index (χ3n) is 3.55. The minimum atomic E-state index is -0.430. The maximum Gasteiger partial charge on any atom is 0.410 e. The van der Waals surface area contributed by atoms with Gasteiger partial charge in [-0.3, -0.25) is 0 Å². The molecule has 2 atom stereocenters. The smallest absolute Gasteiger partial charge is 0.410 e. The van der Waals surface area contributed by atoms with Crippen LogP contribution in [0.5, 0.6) is 0 Å². The van der Waals surface area contributed by atoms with Crippen LogP contribution >= 0.6 is 0 Å². The van der Waals surface area contributed by atoms with Gasteiger partial charge in [-0.05, 0) is 45.4 Å². The summed E-state index contributed by atoms with van der Waals surface area (Å²) < 4.78 is 5.38. The average molecular weight is 248 g/mol. The molecule has 2 fully saturated rings. The van der Waals surface area contributed by atoms with Gasteiger partial charge in [-0.15, -0.1) is 0 Å². The van der Waals surface area contributed by atoms with Crippen LogP contribution in [0.25, 0.3) is 0 Å². The SMILES string of the molecule is CC(C)(C)OC(=O)N1CC2C/C(=C/C#N)C[C@@H]2C1. The van der Waals surface area contributed by atoms with Gasteiger partial charge < -0.3 is 9.64 Å². The van der Waals surface area contributed by atoms with Crippen molar-refractivity contribution in [2.24, 2.45) is 11.8 Å².